The number of carbonyl (C=O) groups is 2. The SMILES string of the molecule is Cc1cc(NC(=O)CN(CC2CCCO2)C(=O)Nc2ccc(Br)cc2)no1. The lowest BCUT2D eigenvalue weighted by Crippen LogP contribution is -2.44. The van der Waals surface area contributed by atoms with E-state index in [4.69, 9.17) is 9.26 Å². The highest BCUT2D eigenvalue weighted by Crippen LogP contribution is 2.17. The van der Waals surface area contributed by atoms with Gasteiger partial charge in [0.25, 0.3) is 0 Å². The third kappa shape index (κ3) is 5.80. The van der Waals surface area contributed by atoms with Crippen LogP contribution >= 0.6 is 15.9 Å². The van der Waals surface area contributed by atoms with E-state index in [0.29, 0.717) is 30.4 Å². The number of nitrogens with one attached hydrogen (secondary N) is 2. The predicted molar refractivity (Wildman–Crippen MR) is 104 cm³/mol. The number of carbonyl (C=O) groups excluding carboxylic acids is 2. The van der Waals surface area contributed by atoms with Gasteiger partial charge in [0.15, 0.2) is 5.82 Å². The van der Waals surface area contributed by atoms with E-state index in [1.165, 1.54) is 4.90 Å². The van der Waals surface area contributed by atoms with Gasteiger partial charge >= 0.3 is 6.03 Å². The second-order valence-electron chi connectivity index (χ2n) is 6.32. The fourth-order valence-corrected chi connectivity index (χ4v) is 3.03. The number of hydrogen-bond acceptors (Lipinski definition) is 5. The zero-order chi connectivity index (χ0) is 19.2. The quantitative estimate of drug-likeness (QED) is 0.722. The number of amides is 3. The molecule has 9 heteroatoms. The van der Waals surface area contributed by atoms with Crippen molar-refractivity contribution in [1.29, 1.82) is 0 Å². The van der Waals surface area contributed by atoms with Crippen LogP contribution in [-0.4, -0.2) is 47.8 Å². The van der Waals surface area contributed by atoms with Gasteiger partial charge in [-0.2, -0.15) is 0 Å². The summed E-state index contributed by atoms with van der Waals surface area (Å²) < 4.78 is 11.5. The van der Waals surface area contributed by atoms with Crippen LogP contribution in [0, 0.1) is 6.92 Å². The van der Waals surface area contributed by atoms with Crippen molar-refractivity contribution in [2.45, 2.75) is 25.9 Å². The molecule has 2 aromatic rings. The molecule has 0 aliphatic carbocycles. The summed E-state index contributed by atoms with van der Waals surface area (Å²) in [6.45, 7) is 2.64. The van der Waals surface area contributed by atoms with Crippen molar-refractivity contribution in [3.8, 4) is 0 Å². The van der Waals surface area contributed by atoms with Gasteiger partial charge in [-0.1, -0.05) is 21.1 Å². The van der Waals surface area contributed by atoms with Crippen LogP contribution in [0.3, 0.4) is 0 Å². The molecule has 3 amide bonds. The lowest BCUT2D eigenvalue weighted by molar-refractivity contribution is -0.117. The highest BCUT2D eigenvalue weighted by molar-refractivity contribution is 9.10. The number of nitrogens with zero attached hydrogens (tertiary/aromatic N) is 2. The molecule has 3 rings (SSSR count). The van der Waals surface area contributed by atoms with E-state index in [1.807, 2.05) is 12.1 Å². The first-order valence-corrected chi connectivity index (χ1v) is 9.45. The van der Waals surface area contributed by atoms with Crippen LogP contribution in [0.25, 0.3) is 0 Å². The number of ether oxygens (including phenoxy) is 1. The maximum atomic E-state index is 12.7. The molecule has 27 heavy (non-hydrogen) atoms. The number of aryl methyl sites for hydroxylation is 1. The molecular formula is C18H21BrN4O4. The lowest BCUT2D eigenvalue weighted by atomic mass is 10.2. The number of rotatable bonds is 6. The Morgan fingerprint density at radius 2 is 2.07 bits per heavy atom. The summed E-state index contributed by atoms with van der Waals surface area (Å²) in [4.78, 5) is 26.5. The molecule has 2 N–H and O–H groups in total. The minimum atomic E-state index is -0.362. The fraction of sp³-hybridized carbons (Fsp3) is 0.389. The third-order valence-corrected chi connectivity index (χ3v) is 4.59. The number of anilines is 2. The molecule has 0 saturated carbocycles. The molecule has 1 saturated heterocycles. The van der Waals surface area contributed by atoms with Crippen LogP contribution in [0.2, 0.25) is 0 Å². The molecule has 1 fully saturated rings. The Kier molecular flexibility index (Phi) is 6.46. The molecule has 0 bridgehead atoms. The van der Waals surface area contributed by atoms with E-state index in [2.05, 4.69) is 31.7 Å². The van der Waals surface area contributed by atoms with Gasteiger partial charge in [0, 0.05) is 29.4 Å². The average molecular weight is 437 g/mol. The van der Waals surface area contributed by atoms with E-state index in [-0.39, 0.29) is 24.6 Å². The molecule has 144 valence electrons. The Bertz CT molecular complexity index is 787. The molecule has 1 aliphatic rings. The highest BCUT2D eigenvalue weighted by Gasteiger charge is 2.25. The van der Waals surface area contributed by atoms with Crippen molar-refractivity contribution in [3.63, 3.8) is 0 Å². The van der Waals surface area contributed by atoms with E-state index in [0.717, 1.165) is 17.3 Å². The number of halogens is 1. The van der Waals surface area contributed by atoms with Gasteiger partial charge in [-0.25, -0.2) is 4.79 Å². The first kappa shape index (κ1) is 19.4. The Morgan fingerprint density at radius 3 is 2.70 bits per heavy atom. The van der Waals surface area contributed by atoms with Gasteiger partial charge in [-0.3, -0.25) is 4.79 Å². The minimum Gasteiger partial charge on any atom is -0.376 e. The topological polar surface area (TPSA) is 96.7 Å². The molecule has 1 aromatic carbocycles. The van der Waals surface area contributed by atoms with Gasteiger partial charge in [0.05, 0.1) is 6.10 Å². The number of urea groups is 1. The molecule has 2 heterocycles. The molecule has 1 aromatic heterocycles. The summed E-state index contributed by atoms with van der Waals surface area (Å²) in [6.07, 6.45) is 1.76. The molecular weight excluding hydrogens is 416 g/mol. The Labute approximate surface area is 165 Å². The predicted octanol–water partition coefficient (Wildman–Crippen LogP) is 3.40. The summed E-state index contributed by atoms with van der Waals surface area (Å²) in [6, 6.07) is 8.48. The van der Waals surface area contributed by atoms with E-state index in [1.54, 1.807) is 25.1 Å². The second-order valence-corrected chi connectivity index (χ2v) is 7.24. The maximum Gasteiger partial charge on any atom is 0.322 e. The van der Waals surface area contributed by atoms with Gasteiger partial charge in [-0.05, 0) is 44.0 Å². The summed E-state index contributed by atoms with van der Waals surface area (Å²) in [5, 5.41) is 9.18. The molecule has 1 aliphatic heterocycles. The van der Waals surface area contributed by atoms with Crippen molar-refractivity contribution >= 4 is 39.4 Å². The zero-order valence-electron chi connectivity index (χ0n) is 14.9. The van der Waals surface area contributed by atoms with Crippen LogP contribution in [0.15, 0.2) is 39.3 Å². The van der Waals surface area contributed by atoms with Crippen molar-refractivity contribution in [3.05, 3.63) is 40.6 Å². The van der Waals surface area contributed by atoms with Crippen LogP contribution in [0.5, 0.6) is 0 Å². The Balaban J connectivity index is 1.64. The van der Waals surface area contributed by atoms with Gasteiger partial charge in [0.1, 0.15) is 12.3 Å². The van der Waals surface area contributed by atoms with Crippen molar-refractivity contribution in [2.24, 2.45) is 0 Å². The van der Waals surface area contributed by atoms with Crippen LogP contribution < -0.4 is 10.6 Å². The monoisotopic (exact) mass is 436 g/mol. The Hall–Kier alpha value is -2.39. The molecule has 1 unspecified atom stereocenters. The van der Waals surface area contributed by atoms with Gasteiger partial charge < -0.3 is 24.8 Å². The smallest absolute Gasteiger partial charge is 0.322 e. The summed E-state index contributed by atoms with van der Waals surface area (Å²) >= 11 is 3.36. The van der Waals surface area contributed by atoms with Crippen LogP contribution in [0.1, 0.15) is 18.6 Å². The molecule has 0 radical (unpaired) electrons. The largest absolute Gasteiger partial charge is 0.376 e. The zero-order valence-corrected chi connectivity index (χ0v) is 16.5. The van der Waals surface area contributed by atoms with Crippen molar-refractivity contribution in [1.82, 2.24) is 10.1 Å². The lowest BCUT2D eigenvalue weighted by Gasteiger charge is -2.25. The van der Waals surface area contributed by atoms with E-state index < -0.39 is 0 Å². The third-order valence-electron chi connectivity index (χ3n) is 4.06. The van der Waals surface area contributed by atoms with Crippen LogP contribution in [0.4, 0.5) is 16.3 Å². The molecule has 1 atom stereocenters. The normalized spacial score (nSPS) is 16.1. The molecule has 8 nitrogen and oxygen atoms in total. The maximum absolute atomic E-state index is 12.7. The average Bonchev–Trinajstić information content (AvgIpc) is 3.28. The first-order chi connectivity index (χ1) is 13.0. The Morgan fingerprint density at radius 1 is 1.30 bits per heavy atom. The van der Waals surface area contributed by atoms with Crippen LogP contribution in [-0.2, 0) is 9.53 Å². The van der Waals surface area contributed by atoms with Gasteiger partial charge in [0.2, 0.25) is 5.91 Å². The summed E-state index contributed by atoms with van der Waals surface area (Å²) in [7, 11) is 0. The number of benzene rings is 1. The minimum absolute atomic E-state index is 0.0669. The standard InChI is InChI=1S/C18H21BrN4O4/c1-12-9-16(22-27-12)21-17(24)11-23(10-15-3-2-8-26-15)18(25)20-14-6-4-13(19)5-7-14/h4-7,9,15H,2-3,8,10-11H2,1H3,(H,20,25)(H,21,22,24). The van der Waals surface area contributed by atoms with Gasteiger partial charge in [-0.15, -0.1) is 0 Å². The first-order valence-electron chi connectivity index (χ1n) is 8.66. The summed E-state index contributed by atoms with van der Waals surface area (Å²) in [5.74, 6) is 0.560. The molecule has 0 spiro atoms. The summed E-state index contributed by atoms with van der Waals surface area (Å²) in [5.41, 5.74) is 0.646. The number of aromatic nitrogens is 1. The fourth-order valence-electron chi connectivity index (χ4n) is 2.77. The number of hydrogen-bond donors (Lipinski definition) is 2. The van der Waals surface area contributed by atoms with Crippen molar-refractivity contribution < 1.29 is 18.8 Å². The van der Waals surface area contributed by atoms with Crippen molar-refractivity contribution in [2.75, 3.05) is 30.3 Å². The van der Waals surface area contributed by atoms with E-state index in [9.17, 15) is 9.59 Å². The van der Waals surface area contributed by atoms with E-state index >= 15 is 0 Å². The second kappa shape index (κ2) is 9.01. The highest BCUT2D eigenvalue weighted by atomic mass is 79.9.